The summed E-state index contributed by atoms with van der Waals surface area (Å²) in [7, 11) is 0. The number of carbonyl (C=O) groups is 1. The molecule has 2 unspecified atom stereocenters. The van der Waals surface area contributed by atoms with Crippen molar-refractivity contribution < 1.29 is 9.90 Å². The third-order valence-corrected chi connectivity index (χ3v) is 4.64. The highest BCUT2D eigenvalue weighted by atomic mass is 16.3. The third kappa shape index (κ3) is 3.02. The normalized spacial score (nSPS) is 21.9. The fraction of sp³-hybridized carbons (Fsp3) is 0.500. The van der Waals surface area contributed by atoms with Gasteiger partial charge >= 0.3 is 0 Å². The second kappa shape index (κ2) is 6.53. The Morgan fingerprint density at radius 2 is 2.09 bits per heavy atom. The van der Waals surface area contributed by atoms with E-state index in [-0.39, 0.29) is 11.9 Å². The minimum absolute atomic E-state index is 0.00459. The number of benzene rings is 1. The zero-order valence-electron chi connectivity index (χ0n) is 13.1. The molecule has 2 N–H and O–H groups in total. The predicted octanol–water partition coefficient (Wildman–Crippen LogP) is 2.62. The minimum atomic E-state index is -0.394. The Hall–Kier alpha value is -1.81. The number of carbonyl (C=O) groups excluding carboxylic acids is 1. The molecule has 0 spiro atoms. The number of rotatable bonds is 4. The summed E-state index contributed by atoms with van der Waals surface area (Å²) in [5.74, 6) is 0.00459. The summed E-state index contributed by atoms with van der Waals surface area (Å²) in [4.78, 5) is 12.3. The molecule has 4 nitrogen and oxygen atoms in total. The highest BCUT2D eigenvalue weighted by Crippen LogP contribution is 2.22. The number of aliphatic hydroxyl groups is 1. The minimum Gasteiger partial charge on any atom is -0.391 e. The van der Waals surface area contributed by atoms with Crippen LogP contribution < -0.4 is 5.32 Å². The first-order valence-corrected chi connectivity index (χ1v) is 8.23. The Morgan fingerprint density at radius 3 is 2.86 bits per heavy atom. The van der Waals surface area contributed by atoms with Gasteiger partial charge in [0, 0.05) is 23.6 Å². The fourth-order valence-corrected chi connectivity index (χ4v) is 3.44. The van der Waals surface area contributed by atoms with Gasteiger partial charge in [-0.25, -0.2) is 0 Å². The van der Waals surface area contributed by atoms with E-state index in [1.807, 2.05) is 12.1 Å². The quantitative estimate of drug-likeness (QED) is 0.912. The van der Waals surface area contributed by atoms with Crippen LogP contribution in [0.4, 0.5) is 0 Å². The van der Waals surface area contributed by atoms with Crippen molar-refractivity contribution in [1.29, 1.82) is 0 Å². The van der Waals surface area contributed by atoms with Gasteiger partial charge in [-0.3, -0.25) is 4.79 Å². The molecule has 1 heterocycles. The first-order valence-electron chi connectivity index (χ1n) is 8.23. The lowest BCUT2D eigenvalue weighted by molar-refractivity contribution is -0.122. The van der Waals surface area contributed by atoms with Crippen LogP contribution in [0.5, 0.6) is 0 Å². The van der Waals surface area contributed by atoms with Gasteiger partial charge in [-0.2, -0.15) is 0 Å². The van der Waals surface area contributed by atoms with Gasteiger partial charge in [0.05, 0.1) is 18.6 Å². The van der Waals surface area contributed by atoms with E-state index in [2.05, 4.69) is 35.1 Å². The van der Waals surface area contributed by atoms with Crippen LogP contribution in [0.15, 0.2) is 30.5 Å². The standard InChI is InChI=1S/C18H24N2O2/c1-2-20-12-13(14-7-3-5-9-16(14)20)11-18(22)19-15-8-4-6-10-17(15)21/h3,5,7,9,12,15,17,21H,2,4,6,8,10-11H2,1H3,(H,19,22). The Kier molecular flexibility index (Phi) is 4.48. The average Bonchev–Trinajstić information content (AvgIpc) is 2.88. The van der Waals surface area contributed by atoms with Crippen LogP contribution in [0.1, 0.15) is 38.2 Å². The molecule has 3 rings (SSSR count). The van der Waals surface area contributed by atoms with E-state index in [4.69, 9.17) is 0 Å². The number of aryl methyl sites for hydroxylation is 1. The van der Waals surface area contributed by atoms with Crippen molar-refractivity contribution in [3.8, 4) is 0 Å². The van der Waals surface area contributed by atoms with Gasteiger partial charge < -0.3 is 15.0 Å². The Bertz CT molecular complexity index is 662. The lowest BCUT2D eigenvalue weighted by Gasteiger charge is -2.28. The van der Waals surface area contributed by atoms with Gasteiger partial charge in [0.2, 0.25) is 5.91 Å². The molecule has 1 aliphatic carbocycles. The van der Waals surface area contributed by atoms with E-state index in [0.29, 0.717) is 6.42 Å². The first kappa shape index (κ1) is 15.1. The molecular weight excluding hydrogens is 276 g/mol. The van der Waals surface area contributed by atoms with Crippen LogP contribution in [0.3, 0.4) is 0 Å². The van der Waals surface area contributed by atoms with Crippen molar-refractivity contribution in [2.24, 2.45) is 0 Å². The number of aliphatic hydroxyl groups excluding tert-OH is 1. The number of fused-ring (bicyclic) bond motifs is 1. The van der Waals surface area contributed by atoms with Crippen molar-refractivity contribution in [3.63, 3.8) is 0 Å². The van der Waals surface area contributed by atoms with Crippen LogP contribution in [0.2, 0.25) is 0 Å². The van der Waals surface area contributed by atoms with Gasteiger partial charge in [0.1, 0.15) is 0 Å². The Labute approximate surface area is 131 Å². The number of aromatic nitrogens is 1. The van der Waals surface area contributed by atoms with Gasteiger partial charge in [-0.1, -0.05) is 31.0 Å². The SMILES string of the molecule is CCn1cc(CC(=O)NC2CCCCC2O)c2ccccc21. The van der Waals surface area contributed by atoms with Gasteiger partial charge in [-0.15, -0.1) is 0 Å². The molecule has 1 aromatic heterocycles. The molecule has 1 aromatic carbocycles. The molecule has 0 bridgehead atoms. The van der Waals surface area contributed by atoms with E-state index in [1.165, 1.54) is 5.52 Å². The highest BCUT2D eigenvalue weighted by Gasteiger charge is 2.24. The highest BCUT2D eigenvalue weighted by molar-refractivity contribution is 5.89. The number of nitrogens with zero attached hydrogens (tertiary/aromatic N) is 1. The van der Waals surface area contributed by atoms with E-state index in [1.54, 1.807) is 0 Å². The van der Waals surface area contributed by atoms with Crippen LogP contribution in [0, 0.1) is 0 Å². The third-order valence-electron chi connectivity index (χ3n) is 4.64. The van der Waals surface area contributed by atoms with E-state index < -0.39 is 6.10 Å². The molecule has 118 valence electrons. The average molecular weight is 300 g/mol. The summed E-state index contributed by atoms with van der Waals surface area (Å²) in [6.07, 6.45) is 5.85. The maximum absolute atomic E-state index is 12.3. The summed E-state index contributed by atoms with van der Waals surface area (Å²) in [5, 5.41) is 14.1. The number of hydrogen-bond donors (Lipinski definition) is 2. The van der Waals surface area contributed by atoms with E-state index in [9.17, 15) is 9.90 Å². The van der Waals surface area contributed by atoms with Crippen LogP contribution in [-0.2, 0) is 17.8 Å². The zero-order valence-corrected chi connectivity index (χ0v) is 13.1. The molecule has 1 amide bonds. The van der Waals surface area contributed by atoms with Gasteiger partial charge in [-0.05, 0) is 31.4 Å². The van der Waals surface area contributed by atoms with Crippen LogP contribution in [-0.4, -0.2) is 27.7 Å². The number of hydrogen-bond acceptors (Lipinski definition) is 2. The molecule has 22 heavy (non-hydrogen) atoms. The molecule has 2 aromatic rings. The lowest BCUT2D eigenvalue weighted by atomic mass is 9.92. The van der Waals surface area contributed by atoms with Crippen molar-refractivity contribution in [2.45, 2.75) is 57.7 Å². The maximum Gasteiger partial charge on any atom is 0.224 e. The molecule has 0 radical (unpaired) electrons. The molecule has 4 heteroatoms. The van der Waals surface area contributed by atoms with Gasteiger partial charge in [0.25, 0.3) is 0 Å². The van der Waals surface area contributed by atoms with Crippen molar-refractivity contribution >= 4 is 16.8 Å². The molecule has 0 saturated heterocycles. The summed E-state index contributed by atoms with van der Waals surface area (Å²) in [6.45, 7) is 3.00. The molecule has 2 atom stereocenters. The molecule has 1 fully saturated rings. The lowest BCUT2D eigenvalue weighted by Crippen LogP contribution is -2.45. The molecular formula is C18H24N2O2. The van der Waals surface area contributed by atoms with Crippen molar-refractivity contribution in [1.82, 2.24) is 9.88 Å². The second-order valence-corrected chi connectivity index (χ2v) is 6.16. The molecule has 1 saturated carbocycles. The topological polar surface area (TPSA) is 54.3 Å². The monoisotopic (exact) mass is 300 g/mol. The number of para-hydroxylation sites is 1. The van der Waals surface area contributed by atoms with Gasteiger partial charge in [0.15, 0.2) is 0 Å². The first-order chi connectivity index (χ1) is 10.7. The van der Waals surface area contributed by atoms with Crippen LogP contribution >= 0.6 is 0 Å². The Morgan fingerprint density at radius 1 is 1.32 bits per heavy atom. The number of amides is 1. The summed E-state index contributed by atoms with van der Waals surface area (Å²) >= 11 is 0. The smallest absolute Gasteiger partial charge is 0.224 e. The fourth-order valence-electron chi connectivity index (χ4n) is 3.44. The molecule has 1 aliphatic rings. The van der Waals surface area contributed by atoms with E-state index >= 15 is 0 Å². The predicted molar refractivity (Wildman–Crippen MR) is 87.7 cm³/mol. The maximum atomic E-state index is 12.3. The second-order valence-electron chi connectivity index (χ2n) is 6.16. The Balaban J connectivity index is 1.74. The summed E-state index contributed by atoms with van der Waals surface area (Å²) < 4.78 is 2.17. The zero-order chi connectivity index (χ0) is 15.5. The molecule has 0 aliphatic heterocycles. The van der Waals surface area contributed by atoms with Crippen molar-refractivity contribution in [2.75, 3.05) is 0 Å². The van der Waals surface area contributed by atoms with Crippen LogP contribution in [0.25, 0.3) is 10.9 Å². The van der Waals surface area contributed by atoms with Crippen molar-refractivity contribution in [3.05, 3.63) is 36.0 Å². The summed E-state index contributed by atoms with van der Waals surface area (Å²) in [6, 6.07) is 8.11. The van der Waals surface area contributed by atoms with E-state index in [0.717, 1.165) is 43.2 Å². The number of nitrogens with one attached hydrogen (secondary N) is 1. The largest absolute Gasteiger partial charge is 0.391 e. The summed E-state index contributed by atoms with van der Waals surface area (Å²) in [5.41, 5.74) is 2.23.